The number of carbonyl (C=O) groups excluding carboxylic acids is 1. The lowest BCUT2D eigenvalue weighted by Gasteiger charge is -2.05. The summed E-state index contributed by atoms with van der Waals surface area (Å²) in [4.78, 5) is 11.4. The third kappa shape index (κ3) is 2.88. The van der Waals surface area contributed by atoms with Crippen LogP contribution in [-0.4, -0.2) is 12.5 Å². The van der Waals surface area contributed by atoms with E-state index < -0.39 is 0 Å². The monoisotopic (exact) mass is 196 g/mol. The normalized spacial score (nSPS) is 10.6. The van der Waals surface area contributed by atoms with Gasteiger partial charge in [0.15, 0.2) is 5.76 Å². The van der Waals surface area contributed by atoms with Crippen molar-refractivity contribution in [2.24, 2.45) is 11.7 Å². The number of furan rings is 1. The highest BCUT2D eigenvalue weighted by Gasteiger charge is 2.10. The number of hydrogen-bond donors (Lipinski definition) is 2. The first kappa shape index (κ1) is 10.8. The Morgan fingerprint density at radius 3 is 2.79 bits per heavy atom. The molecule has 0 spiro atoms. The van der Waals surface area contributed by atoms with Crippen molar-refractivity contribution in [2.45, 2.75) is 20.4 Å². The molecule has 14 heavy (non-hydrogen) atoms. The quantitative estimate of drug-likeness (QED) is 0.758. The van der Waals surface area contributed by atoms with Gasteiger partial charge in [0.1, 0.15) is 5.76 Å². The topological polar surface area (TPSA) is 68.3 Å². The Morgan fingerprint density at radius 1 is 1.57 bits per heavy atom. The van der Waals surface area contributed by atoms with E-state index in [9.17, 15) is 4.79 Å². The molecule has 78 valence electrons. The molecule has 0 unspecified atom stereocenters. The van der Waals surface area contributed by atoms with Crippen molar-refractivity contribution in [1.82, 2.24) is 5.32 Å². The Labute approximate surface area is 83.5 Å². The van der Waals surface area contributed by atoms with Gasteiger partial charge in [-0.15, -0.1) is 0 Å². The number of nitrogens with one attached hydrogen (secondary N) is 1. The zero-order valence-corrected chi connectivity index (χ0v) is 8.54. The lowest BCUT2D eigenvalue weighted by atomic mass is 10.2. The molecule has 0 aliphatic rings. The van der Waals surface area contributed by atoms with Crippen molar-refractivity contribution < 1.29 is 9.21 Å². The van der Waals surface area contributed by atoms with Crippen molar-refractivity contribution >= 4 is 5.91 Å². The minimum absolute atomic E-state index is 0.182. The average molecular weight is 196 g/mol. The van der Waals surface area contributed by atoms with Crippen LogP contribution in [-0.2, 0) is 6.54 Å². The Balaban J connectivity index is 2.52. The predicted octanol–water partition coefficient (Wildman–Crippen LogP) is 1.12. The number of rotatable bonds is 4. The van der Waals surface area contributed by atoms with Crippen LogP contribution in [0.15, 0.2) is 16.5 Å². The van der Waals surface area contributed by atoms with Crippen LogP contribution in [0.5, 0.6) is 0 Å². The summed E-state index contributed by atoms with van der Waals surface area (Å²) in [6.07, 6.45) is 0. The van der Waals surface area contributed by atoms with E-state index >= 15 is 0 Å². The van der Waals surface area contributed by atoms with Crippen LogP contribution >= 0.6 is 0 Å². The van der Waals surface area contributed by atoms with Gasteiger partial charge >= 0.3 is 0 Å². The van der Waals surface area contributed by atoms with Crippen molar-refractivity contribution in [2.75, 3.05) is 6.54 Å². The Bertz CT molecular complexity index is 305. The molecule has 0 saturated heterocycles. The molecular weight excluding hydrogens is 180 g/mol. The highest BCUT2D eigenvalue weighted by Crippen LogP contribution is 2.06. The second-order valence-corrected chi connectivity index (χ2v) is 3.57. The molecule has 1 amide bonds. The molecule has 1 heterocycles. The summed E-state index contributed by atoms with van der Waals surface area (Å²) in [6, 6.07) is 3.35. The fourth-order valence-corrected chi connectivity index (χ4v) is 0.994. The molecule has 4 heteroatoms. The molecule has 0 bridgehead atoms. The summed E-state index contributed by atoms with van der Waals surface area (Å²) in [5.74, 6) is 1.20. The van der Waals surface area contributed by atoms with E-state index in [0.29, 0.717) is 30.5 Å². The van der Waals surface area contributed by atoms with Crippen LogP contribution in [0, 0.1) is 5.92 Å². The molecule has 0 radical (unpaired) electrons. The smallest absolute Gasteiger partial charge is 0.287 e. The fourth-order valence-electron chi connectivity index (χ4n) is 0.994. The number of amides is 1. The molecule has 0 atom stereocenters. The number of hydrogen-bond acceptors (Lipinski definition) is 3. The van der Waals surface area contributed by atoms with E-state index in [-0.39, 0.29) is 5.91 Å². The maximum absolute atomic E-state index is 11.4. The van der Waals surface area contributed by atoms with E-state index in [0.717, 1.165) is 0 Å². The Morgan fingerprint density at radius 2 is 2.29 bits per heavy atom. The Hall–Kier alpha value is -1.29. The fraction of sp³-hybridized carbons (Fsp3) is 0.500. The van der Waals surface area contributed by atoms with Gasteiger partial charge in [-0.25, -0.2) is 0 Å². The second-order valence-electron chi connectivity index (χ2n) is 3.57. The van der Waals surface area contributed by atoms with Gasteiger partial charge in [-0.1, -0.05) is 13.8 Å². The first-order valence-corrected chi connectivity index (χ1v) is 4.70. The molecule has 0 fully saturated rings. The molecule has 0 saturated carbocycles. The third-order valence-electron chi connectivity index (χ3n) is 1.76. The van der Waals surface area contributed by atoms with E-state index in [4.69, 9.17) is 10.2 Å². The minimum atomic E-state index is -0.182. The largest absolute Gasteiger partial charge is 0.455 e. The zero-order chi connectivity index (χ0) is 10.6. The highest BCUT2D eigenvalue weighted by molar-refractivity contribution is 5.91. The predicted molar refractivity (Wildman–Crippen MR) is 53.8 cm³/mol. The summed E-state index contributed by atoms with van der Waals surface area (Å²) in [6.45, 7) is 5.04. The Kier molecular flexibility index (Phi) is 3.71. The van der Waals surface area contributed by atoms with Gasteiger partial charge in [-0.2, -0.15) is 0 Å². The average Bonchev–Trinajstić information content (AvgIpc) is 2.62. The van der Waals surface area contributed by atoms with Crippen LogP contribution in [0.4, 0.5) is 0 Å². The maximum Gasteiger partial charge on any atom is 0.287 e. The van der Waals surface area contributed by atoms with Crippen LogP contribution in [0.25, 0.3) is 0 Å². The van der Waals surface area contributed by atoms with Gasteiger partial charge in [0, 0.05) is 6.54 Å². The van der Waals surface area contributed by atoms with Crippen molar-refractivity contribution in [1.29, 1.82) is 0 Å². The van der Waals surface area contributed by atoms with Gasteiger partial charge in [-0.3, -0.25) is 4.79 Å². The van der Waals surface area contributed by atoms with Crippen molar-refractivity contribution in [3.05, 3.63) is 23.7 Å². The van der Waals surface area contributed by atoms with Gasteiger partial charge in [0.05, 0.1) is 6.54 Å². The second kappa shape index (κ2) is 4.81. The summed E-state index contributed by atoms with van der Waals surface area (Å²) in [5, 5.41) is 2.76. The lowest BCUT2D eigenvalue weighted by molar-refractivity contribution is 0.0919. The first-order chi connectivity index (χ1) is 6.63. The molecule has 1 aromatic rings. The molecule has 4 nitrogen and oxygen atoms in total. The SMILES string of the molecule is CC(C)CNC(=O)c1ccc(CN)o1. The van der Waals surface area contributed by atoms with Crippen LogP contribution < -0.4 is 11.1 Å². The zero-order valence-electron chi connectivity index (χ0n) is 8.54. The summed E-state index contributed by atoms with van der Waals surface area (Å²) >= 11 is 0. The molecule has 0 aromatic carbocycles. The van der Waals surface area contributed by atoms with Gasteiger partial charge in [-0.05, 0) is 18.1 Å². The molecule has 1 aromatic heterocycles. The summed E-state index contributed by atoms with van der Waals surface area (Å²) in [7, 11) is 0. The number of carbonyl (C=O) groups is 1. The van der Waals surface area contributed by atoms with Gasteiger partial charge in [0.2, 0.25) is 0 Å². The van der Waals surface area contributed by atoms with Crippen LogP contribution in [0.3, 0.4) is 0 Å². The maximum atomic E-state index is 11.4. The van der Waals surface area contributed by atoms with E-state index in [1.54, 1.807) is 12.1 Å². The number of nitrogens with two attached hydrogens (primary N) is 1. The highest BCUT2D eigenvalue weighted by atomic mass is 16.4. The summed E-state index contributed by atoms with van der Waals surface area (Å²) < 4.78 is 5.19. The molecule has 3 N–H and O–H groups in total. The molecule has 0 aliphatic carbocycles. The van der Waals surface area contributed by atoms with Gasteiger partial charge in [0.25, 0.3) is 5.91 Å². The molecule has 0 aliphatic heterocycles. The first-order valence-electron chi connectivity index (χ1n) is 4.70. The minimum Gasteiger partial charge on any atom is -0.455 e. The third-order valence-corrected chi connectivity index (χ3v) is 1.76. The lowest BCUT2D eigenvalue weighted by Crippen LogP contribution is -2.26. The molecular formula is C10H16N2O2. The van der Waals surface area contributed by atoms with Gasteiger partial charge < -0.3 is 15.5 Å². The van der Waals surface area contributed by atoms with Crippen molar-refractivity contribution in [3.8, 4) is 0 Å². The van der Waals surface area contributed by atoms with Crippen LogP contribution in [0.1, 0.15) is 30.2 Å². The van der Waals surface area contributed by atoms with E-state index in [2.05, 4.69) is 5.32 Å². The standard InChI is InChI=1S/C10H16N2O2/c1-7(2)6-12-10(13)9-4-3-8(5-11)14-9/h3-4,7H,5-6,11H2,1-2H3,(H,12,13). The van der Waals surface area contributed by atoms with E-state index in [1.165, 1.54) is 0 Å². The molecule has 1 rings (SSSR count). The summed E-state index contributed by atoms with van der Waals surface area (Å²) in [5.41, 5.74) is 5.36. The van der Waals surface area contributed by atoms with E-state index in [1.807, 2.05) is 13.8 Å². The van der Waals surface area contributed by atoms with Crippen LogP contribution in [0.2, 0.25) is 0 Å². The van der Waals surface area contributed by atoms with Crippen molar-refractivity contribution in [3.63, 3.8) is 0 Å².